The normalized spacial score (nSPS) is 24.5. The molecule has 1 rings (SSSR count). The molecule has 1 heterocycles. The summed E-state index contributed by atoms with van der Waals surface area (Å²) < 4.78 is 5.13. The van der Waals surface area contributed by atoms with E-state index in [4.69, 9.17) is 9.84 Å². The summed E-state index contributed by atoms with van der Waals surface area (Å²) in [5, 5.41) is 8.58. The average Bonchev–Trinajstić information content (AvgIpc) is 2.05. The second-order valence-corrected chi connectivity index (χ2v) is 2.74. The largest absolute Gasteiger partial charge is 0.478 e. The summed E-state index contributed by atoms with van der Waals surface area (Å²) in [7, 11) is 0. The minimum Gasteiger partial charge on any atom is -0.478 e. The Labute approximate surface area is 65.7 Å². The van der Waals surface area contributed by atoms with Gasteiger partial charge in [0.15, 0.2) is 0 Å². The van der Waals surface area contributed by atoms with Gasteiger partial charge in [0.2, 0.25) is 0 Å². The van der Waals surface area contributed by atoms with Crippen molar-refractivity contribution in [1.82, 2.24) is 0 Å². The van der Waals surface area contributed by atoms with Crippen LogP contribution in [0.25, 0.3) is 0 Å². The first-order chi connectivity index (χ1) is 5.22. The van der Waals surface area contributed by atoms with Gasteiger partial charge in [-0.3, -0.25) is 0 Å². The predicted octanol–water partition coefficient (Wildman–Crippen LogP) is 1.05. The highest BCUT2D eigenvalue weighted by Crippen LogP contribution is 2.20. The number of rotatable bonds is 2. The number of ether oxygens (including phenoxy) is 1. The third kappa shape index (κ3) is 2.05. The highest BCUT2D eigenvalue weighted by atomic mass is 16.5. The fourth-order valence-electron chi connectivity index (χ4n) is 1.19. The molecule has 11 heavy (non-hydrogen) atoms. The van der Waals surface area contributed by atoms with Gasteiger partial charge in [-0.2, -0.15) is 0 Å². The van der Waals surface area contributed by atoms with Gasteiger partial charge in [0.25, 0.3) is 0 Å². The second-order valence-electron chi connectivity index (χ2n) is 2.74. The number of carboxylic acid groups (broad SMARTS) is 1. The van der Waals surface area contributed by atoms with Gasteiger partial charge >= 0.3 is 5.97 Å². The molecule has 1 unspecified atom stereocenters. The van der Waals surface area contributed by atoms with Crippen molar-refractivity contribution in [2.24, 2.45) is 5.92 Å². The summed E-state index contributed by atoms with van der Waals surface area (Å²) in [6, 6.07) is 0. The first-order valence-electron chi connectivity index (χ1n) is 3.71. The molecule has 3 heteroatoms. The summed E-state index contributed by atoms with van der Waals surface area (Å²) in [6.07, 6.45) is 1.84. The van der Waals surface area contributed by atoms with Crippen molar-refractivity contribution >= 4 is 5.97 Å². The van der Waals surface area contributed by atoms with Crippen molar-refractivity contribution in [1.29, 1.82) is 0 Å². The van der Waals surface area contributed by atoms with E-state index in [-0.39, 0.29) is 11.5 Å². The molecule has 0 aromatic heterocycles. The van der Waals surface area contributed by atoms with Gasteiger partial charge < -0.3 is 9.84 Å². The minimum absolute atomic E-state index is 0.0289. The lowest BCUT2D eigenvalue weighted by Gasteiger charge is -2.21. The number of hydrogen-bond acceptors (Lipinski definition) is 2. The lowest BCUT2D eigenvalue weighted by Crippen LogP contribution is -2.22. The molecule has 1 atom stereocenters. The molecule has 0 aromatic carbocycles. The van der Waals surface area contributed by atoms with Crippen LogP contribution in [0.4, 0.5) is 0 Å². The molecule has 0 aliphatic carbocycles. The van der Waals surface area contributed by atoms with Crippen LogP contribution in [0.15, 0.2) is 12.2 Å². The fourth-order valence-corrected chi connectivity index (χ4v) is 1.19. The van der Waals surface area contributed by atoms with Crippen LogP contribution in [-0.2, 0) is 9.53 Å². The van der Waals surface area contributed by atoms with Gasteiger partial charge in [0, 0.05) is 18.1 Å². The zero-order valence-electron chi connectivity index (χ0n) is 6.38. The van der Waals surface area contributed by atoms with Crippen LogP contribution in [0.2, 0.25) is 0 Å². The Balaban J connectivity index is 2.45. The van der Waals surface area contributed by atoms with Crippen molar-refractivity contribution in [2.75, 3.05) is 13.2 Å². The van der Waals surface area contributed by atoms with Crippen LogP contribution >= 0.6 is 0 Å². The summed E-state index contributed by atoms with van der Waals surface area (Å²) in [5.41, 5.74) is 0.282. The molecule has 1 aliphatic rings. The Bertz CT molecular complexity index is 168. The van der Waals surface area contributed by atoms with Crippen molar-refractivity contribution in [2.45, 2.75) is 12.8 Å². The smallest absolute Gasteiger partial charge is 0.331 e. The van der Waals surface area contributed by atoms with E-state index in [9.17, 15) is 4.79 Å². The maximum atomic E-state index is 10.4. The van der Waals surface area contributed by atoms with Crippen LogP contribution in [-0.4, -0.2) is 24.3 Å². The zero-order valence-corrected chi connectivity index (χ0v) is 6.38. The summed E-state index contributed by atoms with van der Waals surface area (Å²) in [6.45, 7) is 4.77. The summed E-state index contributed by atoms with van der Waals surface area (Å²) in [5.74, 6) is -0.873. The van der Waals surface area contributed by atoms with Crippen LogP contribution in [0.5, 0.6) is 0 Å². The molecule has 62 valence electrons. The molecule has 0 bridgehead atoms. The van der Waals surface area contributed by atoms with E-state index in [1.807, 2.05) is 0 Å². The van der Waals surface area contributed by atoms with Gasteiger partial charge in [-0.25, -0.2) is 4.79 Å². The molecule has 1 N–H and O–H groups in total. The Hall–Kier alpha value is -0.830. The van der Waals surface area contributed by atoms with Crippen molar-refractivity contribution in [3.8, 4) is 0 Å². The van der Waals surface area contributed by atoms with E-state index in [1.54, 1.807) is 0 Å². The molecule has 0 amide bonds. The Morgan fingerprint density at radius 3 is 2.82 bits per heavy atom. The lowest BCUT2D eigenvalue weighted by atomic mass is 9.95. The van der Waals surface area contributed by atoms with Crippen LogP contribution in [0.1, 0.15) is 12.8 Å². The summed E-state index contributed by atoms with van der Waals surface area (Å²) >= 11 is 0. The Morgan fingerprint density at radius 1 is 1.64 bits per heavy atom. The minimum atomic E-state index is -0.902. The topological polar surface area (TPSA) is 46.5 Å². The van der Waals surface area contributed by atoms with Gasteiger partial charge in [-0.05, 0) is 12.8 Å². The van der Waals surface area contributed by atoms with Crippen molar-refractivity contribution in [3.05, 3.63) is 12.2 Å². The molecule has 1 saturated heterocycles. The lowest BCUT2D eigenvalue weighted by molar-refractivity contribution is -0.133. The predicted molar refractivity (Wildman–Crippen MR) is 40.3 cm³/mol. The van der Waals surface area contributed by atoms with E-state index in [0.29, 0.717) is 6.61 Å². The average molecular weight is 156 g/mol. The molecule has 3 nitrogen and oxygen atoms in total. The monoisotopic (exact) mass is 156 g/mol. The molecule has 0 saturated carbocycles. The maximum Gasteiger partial charge on any atom is 0.331 e. The molecule has 0 spiro atoms. The maximum absolute atomic E-state index is 10.4. The molecular formula is C8H12O3. The fraction of sp³-hybridized carbons (Fsp3) is 0.625. The van der Waals surface area contributed by atoms with E-state index in [1.165, 1.54) is 0 Å². The zero-order chi connectivity index (χ0) is 8.27. The van der Waals surface area contributed by atoms with Crippen molar-refractivity contribution < 1.29 is 14.6 Å². The second kappa shape index (κ2) is 3.53. The van der Waals surface area contributed by atoms with Crippen molar-refractivity contribution in [3.63, 3.8) is 0 Å². The molecule has 1 aliphatic heterocycles. The molecule has 1 fully saturated rings. The molecule has 0 radical (unpaired) electrons. The Kier molecular flexibility index (Phi) is 2.65. The van der Waals surface area contributed by atoms with Crippen LogP contribution in [0.3, 0.4) is 0 Å². The number of carbonyl (C=O) groups is 1. The van der Waals surface area contributed by atoms with Crippen LogP contribution in [0, 0.1) is 5.92 Å². The standard InChI is InChI=1S/C8H12O3/c1-6(8(9)10)7-3-2-4-11-5-7/h7H,1-5H2,(H,9,10). The quantitative estimate of drug-likeness (QED) is 0.608. The van der Waals surface area contributed by atoms with Gasteiger partial charge in [0.05, 0.1) is 6.61 Å². The molecule has 0 aromatic rings. The van der Waals surface area contributed by atoms with E-state index in [2.05, 4.69) is 6.58 Å². The van der Waals surface area contributed by atoms with Crippen LogP contribution < -0.4 is 0 Å². The van der Waals surface area contributed by atoms with E-state index in [0.717, 1.165) is 19.4 Å². The number of carboxylic acids is 1. The molecular weight excluding hydrogens is 144 g/mol. The summed E-state index contributed by atoms with van der Waals surface area (Å²) in [4.78, 5) is 10.4. The first kappa shape index (κ1) is 8.27. The third-order valence-corrected chi connectivity index (χ3v) is 1.93. The van der Waals surface area contributed by atoms with Gasteiger partial charge in [0.1, 0.15) is 0 Å². The first-order valence-corrected chi connectivity index (χ1v) is 3.71. The van der Waals surface area contributed by atoms with E-state index >= 15 is 0 Å². The SMILES string of the molecule is C=C(C(=O)O)C1CCCOC1. The van der Waals surface area contributed by atoms with E-state index < -0.39 is 5.97 Å². The third-order valence-electron chi connectivity index (χ3n) is 1.93. The Morgan fingerprint density at radius 2 is 2.36 bits per heavy atom. The highest BCUT2D eigenvalue weighted by molar-refractivity contribution is 5.86. The number of hydrogen-bond donors (Lipinski definition) is 1. The van der Waals surface area contributed by atoms with Gasteiger partial charge in [-0.1, -0.05) is 6.58 Å². The van der Waals surface area contributed by atoms with Gasteiger partial charge in [-0.15, -0.1) is 0 Å². The number of aliphatic carboxylic acids is 1. The highest BCUT2D eigenvalue weighted by Gasteiger charge is 2.20.